The van der Waals surface area contributed by atoms with Gasteiger partial charge in [0.1, 0.15) is 17.7 Å². The smallest absolute Gasteiger partial charge is 0.263 e. The molecular weight excluding hydrogens is 276 g/mol. The van der Waals surface area contributed by atoms with E-state index in [0.717, 1.165) is 25.7 Å². The van der Waals surface area contributed by atoms with Crippen molar-refractivity contribution in [3.05, 3.63) is 41.6 Å². The summed E-state index contributed by atoms with van der Waals surface area (Å²) in [6.45, 7) is 0. The maximum Gasteiger partial charge on any atom is 0.263 e. The van der Waals surface area contributed by atoms with Crippen LogP contribution in [0.15, 0.2) is 36.0 Å². The quantitative estimate of drug-likeness (QED) is 0.660. The summed E-state index contributed by atoms with van der Waals surface area (Å²) in [4.78, 5) is 12.1. The van der Waals surface area contributed by atoms with E-state index in [1.165, 1.54) is 12.6 Å². The molecule has 5 heteroatoms. The molecule has 0 unspecified atom stereocenters. The molecule has 5 nitrogen and oxygen atoms in total. The van der Waals surface area contributed by atoms with Crippen molar-refractivity contribution >= 4 is 11.6 Å². The third kappa shape index (κ3) is 4.10. The van der Waals surface area contributed by atoms with Crippen LogP contribution in [0.2, 0.25) is 0 Å². The Balaban J connectivity index is 2.02. The summed E-state index contributed by atoms with van der Waals surface area (Å²) >= 11 is 0. The summed E-state index contributed by atoms with van der Waals surface area (Å²) in [5.41, 5.74) is 1.05. The number of carbonyl (C=O) groups is 1. The van der Waals surface area contributed by atoms with E-state index in [1.54, 1.807) is 24.3 Å². The van der Waals surface area contributed by atoms with Crippen molar-refractivity contribution in [1.82, 2.24) is 5.32 Å². The number of para-hydroxylation sites is 1. The lowest BCUT2D eigenvalue weighted by Crippen LogP contribution is -2.37. The summed E-state index contributed by atoms with van der Waals surface area (Å²) in [5.74, 6) is -0.365. The molecule has 1 aliphatic carbocycles. The normalized spacial score (nSPS) is 15.5. The van der Waals surface area contributed by atoms with Crippen molar-refractivity contribution in [2.24, 2.45) is 0 Å². The van der Waals surface area contributed by atoms with E-state index >= 15 is 0 Å². The molecular formula is C17H18N4O. The van der Waals surface area contributed by atoms with Crippen LogP contribution in [0.4, 0.5) is 5.69 Å². The molecule has 0 radical (unpaired) electrons. The average molecular weight is 294 g/mol. The van der Waals surface area contributed by atoms with Crippen molar-refractivity contribution < 1.29 is 4.79 Å². The average Bonchev–Trinajstić information content (AvgIpc) is 2.56. The standard InChI is InChI=1S/C17H18N4O/c18-10-13-6-4-5-9-16(13)20-12-14(11-19)17(22)21-15-7-2-1-3-8-15/h4-6,9,12,15,20H,1-3,7-8H2,(H,21,22)/b14-12-. The highest BCUT2D eigenvalue weighted by Crippen LogP contribution is 2.18. The van der Waals surface area contributed by atoms with Gasteiger partial charge in [-0.25, -0.2) is 0 Å². The van der Waals surface area contributed by atoms with Gasteiger partial charge in [-0.05, 0) is 25.0 Å². The minimum atomic E-state index is -0.365. The van der Waals surface area contributed by atoms with Crippen molar-refractivity contribution in [2.45, 2.75) is 38.1 Å². The Hall–Kier alpha value is -2.79. The number of amides is 1. The monoisotopic (exact) mass is 294 g/mol. The zero-order valence-corrected chi connectivity index (χ0v) is 12.3. The van der Waals surface area contributed by atoms with Crippen LogP contribution in [-0.4, -0.2) is 11.9 Å². The van der Waals surface area contributed by atoms with Gasteiger partial charge in [0.15, 0.2) is 0 Å². The Labute approximate surface area is 130 Å². The van der Waals surface area contributed by atoms with Gasteiger partial charge in [0.05, 0.1) is 11.3 Å². The predicted octanol–water partition coefficient (Wildman–Crippen LogP) is 2.83. The lowest BCUT2D eigenvalue weighted by atomic mass is 9.95. The summed E-state index contributed by atoms with van der Waals surface area (Å²) in [6.07, 6.45) is 6.73. The molecule has 0 aromatic heterocycles. The Morgan fingerprint density at radius 2 is 1.91 bits per heavy atom. The first-order chi connectivity index (χ1) is 10.7. The lowest BCUT2D eigenvalue weighted by molar-refractivity contribution is -0.118. The highest BCUT2D eigenvalue weighted by Gasteiger charge is 2.18. The Kier molecular flexibility index (Phi) is 5.57. The molecule has 0 bridgehead atoms. The molecule has 0 aliphatic heterocycles. The Morgan fingerprint density at radius 1 is 1.18 bits per heavy atom. The van der Waals surface area contributed by atoms with Gasteiger partial charge in [0.2, 0.25) is 0 Å². The van der Waals surface area contributed by atoms with Crippen LogP contribution in [-0.2, 0) is 4.79 Å². The van der Waals surface area contributed by atoms with Gasteiger partial charge in [-0.15, -0.1) is 0 Å². The molecule has 2 rings (SSSR count). The van der Waals surface area contributed by atoms with E-state index in [0.29, 0.717) is 11.3 Å². The number of benzene rings is 1. The molecule has 0 saturated heterocycles. The largest absolute Gasteiger partial charge is 0.359 e. The highest BCUT2D eigenvalue weighted by atomic mass is 16.1. The first kappa shape index (κ1) is 15.6. The Bertz CT molecular complexity index is 645. The van der Waals surface area contributed by atoms with E-state index in [-0.39, 0.29) is 17.5 Å². The minimum Gasteiger partial charge on any atom is -0.359 e. The number of anilines is 1. The number of nitriles is 2. The molecule has 0 atom stereocenters. The van der Waals surface area contributed by atoms with Crippen LogP contribution in [0, 0.1) is 22.7 Å². The van der Waals surface area contributed by atoms with E-state index in [9.17, 15) is 4.79 Å². The minimum absolute atomic E-state index is 0.0123. The Morgan fingerprint density at radius 3 is 2.59 bits per heavy atom. The van der Waals surface area contributed by atoms with Gasteiger partial charge < -0.3 is 10.6 Å². The summed E-state index contributed by atoms with van der Waals surface area (Å²) < 4.78 is 0. The van der Waals surface area contributed by atoms with Crippen molar-refractivity contribution in [2.75, 3.05) is 5.32 Å². The fraction of sp³-hybridized carbons (Fsp3) is 0.353. The molecule has 1 amide bonds. The first-order valence-corrected chi connectivity index (χ1v) is 7.41. The van der Waals surface area contributed by atoms with Gasteiger partial charge in [-0.2, -0.15) is 10.5 Å². The molecule has 112 valence electrons. The molecule has 2 N–H and O–H groups in total. The SMILES string of the molecule is N#C/C(=C/Nc1ccccc1C#N)C(=O)NC1CCCCC1. The van der Waals surface area contributed by atoms with Crippen LogP contribution in [0.25, 0.3) is 0 Å². The van der Waals surface area contributed by atoms with Crippen molar-refractivity contribution in [3.63, 3.8) is 0 Å². The zero-order chi connectivity index (χ0) is 15.8. The van der Waals surface area contributed by atoms with Gasteiger partial charge in [0.25, 0.3) is 5.91 Å². The van der Waals surface area contributed by atoms with E-state index < -0.39 is 0 Å². The number of nitrogens with one attached hydrogen (secondary N) is 2. The first-order valence-electron chi connectivity index (χ1n) is 7.41. The number of carbonyl (C=O) groups excluding carboxylic acids is 1. The van der Waals surface area contributed by atoms with Gasteiger partial charge in [-0.1, -0.05) is 31.4 Å². The summed E-state index contributed by atoms with van der Waals surface area (Å²) in [5, 5.41) is 23.9. The van der Waals surface area contributed by atoms with Gasteiger partial charge >= 0.3 is 0 Å². The molecule has 0 heterocycles. The summed E-state index contributed by atoms with van der Waals surface area (Å²) in [6, 6.07) is 11.1. The van der Waals surface area contributed by atoms with E-state index in [1.807, 2.05) is 6.07 Å². The third-order valence-electron chi connectivity index (χ3n) is 3.72. The molecule has 1 fully saturated rings. The second kappa shape index (κ2) is 7.85. The van der Waals surface area contributed by atoms with Crippen LogP contribution in [0.5, 0.6) is 0 Å². The molecule has 1 saturated carbocycles. The lowest BCUT2D eigenvalue weighted by Gasteiger charge is -2.22. The fourth-order valence-corrected chi connectivity index (χ4v) is 2.52. The predicted molar refractivity (Wildman–Crippen MR) is 83.5 cm³/mol. The maximum absolute atomic E-state index is 12.1. The van der Waals surface area contributed by atoms with E-state index in [4.69, 9.17) is 10.5 Å². The zero-order valence-electron chi connectivity index (χ0n) is 12.3. The molecule has 22 heavy (non-hydrogen) atoms. The van der Waals surface area contributed by atoms with Gasteiger partial charge in [0, 0.05) is 12.2 Å². The number of hydrogen-bond acceptors (Lipinski definition) is 4. The van der Waals surface area contributed by atoms with Crippen LogP contribution in [0.1, 0.15) is 37.7 Å². The van der Waals surface area contributed by atoms with Crippen LogP contribution >= 0.6 is 0 Å². The molecule has 1 aliphatic rings. The molecule has 1 aromatic carbocycles. The van der Waals surface area contributed by atoms with Crippen LogP contribution < -0.4 is 10.6 Å². The number of hydrogen-bond donors (Lipinski definition) is 2. The van der Waals surface area contributed by atoms with E-state index in [2.05, 4.69) is 16.7 Å². The molecule has 0 spiro atoms. The maximum atomic E-state index is 12.1. The fourth-order valence-electron chi connectivity index (χ4n) is 2.52. The highest BCUT2D eigenvalue weighted by molar-refractivity contribution is 5.97. The van der Waals surface area contributed by atoms with Gasteiger partial charge in [-0.3, -0.25) is 4.79 Å². The van der Waals surface area contributed by atoms with Crippen molar-refractivity contribution in [1.29, 1.82) is 10.5 Å². The summed E-state index contributed by atoms with van der Waals surface area (Å²) in [7, 11) is 0. The third-order valence-corrected chi connectivity index (χ3v) is 3.72. The number of rotatable bonds is 4. The van der Waals surface area contributed by atoms with Crippen molar-refractivity contribution in [3.8, 4) is 12.1 Å². The molecule has 1 aromatic rings. The van der Waals surface area contributed by atoms with Crippen LogP contribution in [0.3, 0.4) is 0 Å². The topological polar surface area (TPSA) is 88.7 Å². The second-order valence-electron chi connectivity index (χ2n) is 5.28. The number of nitrogens with zero attached hydrogens (tertiary/aromatic N) is 2. The second-order valence-corrected chi connectivity index (χ2v) is 5.28.